The molecule has 0 radical (unpaired) electrons. The smallest absolute Gasteiger partial charge is 0.310 e. The van der Waals surface area contributed by atoms with E-state index in [1.807, 2.05) is 0 Å². The maximum absolute atomic E-state index is 12.9. The van der Waals surface area contributed by atoms with E-state index in [-0.39, 0.29) is 17.9 Å². The molecule has 0 N–H and O–H groups in total. The molecule has 0 amide bonds. The number of hydrogen-bond donors (Lipinski definition) is 0. The minimum absolute atomic E-state index is 0.0684. The van der Waals surface area contributed by atoms with E-state index in [4.69, 9.17) is 9.47 Å². The number of rotatable bonds is 17. The van der Waals surface area contributed by atoms with E-state index in [2.05, 4.69) is 78.5 Å². The van der Waals surface area contributed by atoms with E-state index in [1.165, 1.54) is 47.7 Å². The van der Waals surface area contributed by atoms with Crippen LogP contribution in [0, 0.1) is 17.8 Å². The SMILES string of the molecule is C=C(CC/C=C(\C)CCC=C(C)C)CC[C@H]1C=C(CC/C=C(\C)CCC=C(C)C)C[C@@H](C(=O)OC)[C@@H]1C(=O)OC. The van der Waals surface area contributed by atoms with Crippen molar-refractivity contribution in [2.75, 3.05) is 14.2 Å². The van der Waals surface area contributed by atoms with Crippen LogP contribution in [0.5, 0.6) is 0 Å². The van der Waals surface area contributed by atoms with Gasteiger partial charge in [-0.2, -0.15) is 0 Å². The highest BCUT2D eigenvalue weighted by molar-refractivity contribution is 5.83. The zero-order valence-corrected chi connectivity index (χ0v) is 26.7. The maximum atomic E-state index is 12.9. The van der Waals surface area contributed by atoms with Crippen LogP contribution >= 0.6 is 0 Å². The average molecular weight is 553 g/mol. The lowest BCUT2D eigenvalue weighted by Crippen LogP contribution is -2.39. The van der Waals surface area contributed by atoms with Crippen LogP contribution in [0.25, 0.3) is 0 Å². The minimum Gasteiger partial charge on any atom is -0.469 e. The zero-order valence-electron chi connectivity index (χ0n) is 26.7. The van der Waals surface area contributed by atoms with Gasteiger partial charge >= 0.3 is 11.9 Å². The van der Waals surface area contributed by atoms with Crippen LogP contribution in [0.3, 0.4) is 0 Å². The van der Waals surface area contributed by atoms with Gasteiger partial charge in [0.2, 0.25) is 0 Å². The summed E-state index contributed by atoms with van der Waals surface area (Å²) in [6, 6.07) is 0. The van der Waals surface area contributed by atoms with Crippen LogP contribution in [0.1, 0.15) is 112 Å². The summed E-state index contributed by atoms with van der Waals surface area (Å²) in [6.45, 7) is 17.2. The van der Waals surface area contributed by atoms with E-state index < -0.39 is 11.8 Å². The maximum Gasteiger partial charge on any atom is 0.310 e. The highest BCUT2D eigenvalue weighted by Crippen LogP contribution is 2.40. The summed E-state index contributed by atoms with van der Waals surface area (Å²) in [5.41, 5.74) is 7.93. The zero-order chi connectivity index (χ0) is 30.1. The molecule has 4 heteroatoms. The molecule has 4 nitrogen and oxygen atoms in total. The summed E-state index contributed by atoms with van der Waals surface area (Å²) in [7, 11) is 2.81. The molecule has 0 unspecified atom stereocenters. The van der Waals surface area contributed by atoms with Gasteiger partial charge in [-0.15, -0.1) is 0 Å². The standard InChI is InChI=1S/C36H56O4/c1-26(2)14-10-16-28(5)18-12-19-30(7)22-23-32-24-31(21-13-20-29(6)17-11-15-27(3)4)25-33(35(37)39-8)34(32)36(38)40-9/h14-15,18,20,24,32-34H,7,10-13,16-17,19,21-23,25H2,1-6,8-9H3/b28-18+,29-20+/t32-,33+,34+/m0/s1. The van der Waals surface area contributed by atoms with Crippen molar-refractivity contribution in [3.05, 3.63) is 70.4 Å². The molecule has 0 heterocycles. The van der Waals surface area contributed by atoms with Gasteiger partial charge in [-0.25, -0.2) is 0 Å². The Kier molecular flexibility index (Phi) is 17.2. The normalized spacial score (nSPS) is 19.4. The Morgan fingerprint density at radius 2 is 1.30 bits per heavy atom. The van der Waals surface area contributed by atoms with Gasteiger partial charge in [0.15, 0.2) is 0 Å². The first-order valence-electron chi connectivity index (χ1n) is 15.1. The third-order valence-corrected chi connectivity index (χ3v) is 7.77. The summed E-state index contributed by atoms with van der Waals surface area (Å²) in [4.78, 5) is 25.7. The molecule has 40 heavy (non-hydrogen) atoms. The quantitative estimate of drug-likeness (QED) is 0.133. The van der Waals surface area contributed by atoms with Gasteiger partial charge in [-0.05, 0) is 118 Å². The summed E-state index contributed by atoms with van der Waals surface area (Å²) in [5, 5.41) is 0. The Hall–Kier alpha value is -2.62. The fraction of sp³-hybridized carbons (Fsp3) is 0.611. The van der Waals surface area contributed by atoms with E-state index in [9.17, 15) is 9.59 Å². The fourth-order valence-corrected chi connectivity index (χ4v) is 5.39. The third kappa shape index (κ3) is 14.1. The molecule has 0 aromatic rings. The summed E-state index contributed by atoms with van der Waals surface area (Å²) in [5.74, 6) is -1.75. The topological polar surface area (TPSA) is 52.6 Å². The first kappa shape index (κ1) is 35.4. The van der Waals surface area contributed by atoms with Crippen LogP contribution in [0.2, 0.25) is 0 Å². The van der Waals surface area contributed by atoms with Crippen molar-refractivity contribution in [1.29, 1.82) is 0 Å². The lowest BCUT2D eigenvalue weighted by Gasteiger charge is -2.34. The Labute approximate surface area is 245 Å². The van der Waals surface area contributed by atoms with Crippen molar-refractivity contribution in [2.24, 2.45) is 17.8 Å². The van der Waals surface area contributed by atoms with Crippen LogP contribution < -0.4 is 0 Å². The van der Waals surface area contributed by atoms with Crippen LogP contribution in [0.15, 0.2) is 70.4 Å². The number of ether oxygens (including phenoxy) is 2. The molecule has 1 aliphatic rings. The second-order valence-electron chi connectivity index (χ2n) is 12.0. The number of allylic oxidation sites excluding steroid dienone is 11. The Balaban J connectivity index is 2.89. The molecule has 0 saturated heterocycles. The van der Waals surface area contributed by atoms with E-state index >= 15 is 0 Å². The number of carbonyl (C=O) groups excluding carboxylic acids is 2. The van der Waals surface area contributed by atoms with Crippen molar-refractivity contribution >= 4 is 11.9 Å². The highest BCUT2D eigenvalue weighted by Gasteiger charge is 2.43. The predicted molar refractivity (Wildman–Crippen MR) is 169 cm³/mol. The molecule has 0 fully saturated rings. The van der Waals surface area contributed by atoms with Gasteiger partial charge in [0.1, 0.15) is 0 Å². The first-order chi connectivity index (χ1) is 19.0. The molecule has 0 aliphatic heterocycles. The summed E-state index contributed by atoms with van der Waals surface area (Å²) < 4.78 is 10.3. The summed E-state index contributed by atoms with van der Waals surface area (Å²) in [6.07, 6.45) is 21.6. The molecule has 3 atom stereocenters. The largest absolute Gasteiger partial charge is 0.469 e. The number of carbonyl (C=O) groups is 2. The van der Waals surface area contributed by atoms with Gasteiger partial charge in [0.05, 0.1) is 26.1 Å². The fourth-order valence-electron chi connectivity index (χ4n) is 5.39. The van der Waals surface area contributed by atoms with Crippen molar-refractivity contribution in [1.82, 2.24) is 0 Å². The van der Waals surface area contributed by atoms with Crippen LogP contribution in [-0.2, 0) is 19.1 Å². The predicted octanol–water partition coefficient (Wildman–Crippen LogP) is 9.79. The second kappa shape index (κ2) is 19.5. The van der Waals surface area contributed by atoms with Gasteiger partial charge in [-0.1, -0.05) is 70.4 Å². The molecule has 224 valence electrons. The van der Waals surface area contributed by atoms with Gasteiger partial charge in [0.25, 0.3) is 0 Å². The van der Waals surface area contributed by atoms with Crippen LogP contribution in [-0.4, -0.2) is 26.2 Å². The molecule has 0 bridgehead atoms. The van der Waals surface area contributed by atoms with Crippen molar-refractivity contribution in [3.8, 4) is 0 Å². The molecule has 0 spiro atoms. The van der Waals surface area contributed by atoms with Crippen LogP contribution in [0.4, 0.5) is 0 Å². The Bertz CT molecular complexity index is 980. The van der Waals surface area contributed by atoms with Gasteiger partial charge in [0, 0.05) is 0 Å². The molecule has 0 saturated carbocycles. The van der Waals surface area contributed by atoms with Crippen molar-refractivity contribution in [3.63, 3.8) is 0 Å². The highest BCUT2D eigenvalue weighted by atomic mass is 16.5. The second-order valence-corrected chi connectivity index (χ2v) is 12.0. The van der Waals surface area contributed by atoms with Crippen molar-refractivity contribution < 1.29 is 19.1 Å². The number of hydrogen-bond acceptors (Lipinski definition) is 4. The molecular weight excluding hydrogens is 496 g/mol. The minimum atomic E-state index is -0.521. The van der Waals surface area contributed by atoms with Gasteiger partial charge in [-0.3, -0.25) is 9.59 Å². The van der Waals surface area contributed by atoms with E-state index in [1.54, 1.807) is 0 Å². The first-order valence-corrected chi connectivity index (χ1v) is 15.1. The third-order valence-electron chi connectivity index (χ3n) is 7.77. The lowest BCUT2D eigenvalue weighted by atomic mass is 9.70. The van der Waals surface area contributed by atoms with Gasteiger partial charge < -0.3 is 9.47 Å². The molecule has 1 aliphatic carbocycles. The monoisotopic (exact) mass is 552 g/mol. The van der Waals surface area contributed by atoms with E-state index in [0.717, 1.165) is 64.2 Å². The Morgan fingerprint density at radius 3 is 1.82 bits per heavy atom. The average Bonchev–Trinajstić information content (AvgIpc) is 2.90. The number of methoxy groups -OCH3 is 2. The molecule has 0 aromatic heterocycles. The van der Waals surface area contributed by atoms with E-state index in [0.29, 0.717) is 6.42 Å². The van der Waals surface area contributed by atoms with Crippen molar-refractivity contribution in [2.45, 2.75) is 112 Å². The molecule has 0 aromatic carbocycles. The summed E-state index contributed by atoms with van der Waals surface area (Å²) >= 11 is 0. The lowest BCUT2D eigenvalue weighted by molar-refractivity contribution is -0.159. The molecule has 1 rings (SSSR count). The number of esters is 2. The Morgan fingerprint density at radius 1 is 0.775 bits per heavy atom. The molecular formula is C36H56O4.